The van der Waals surface area contributed by atoms with Crippen molar-refractivity contribution >= 4 is 17.8 Å². The summed E-state index contributed by atoms with van der Waals surface area (Å²) >= 11 is 0. The van der Waals surface area contributed by atoms with E-state index in [1.165, 1.54) is 32.1 Å². The van der Waals surface area contributed by atoms with Crippen molar-refractivity contribution in [1.82, 2.24) is 22.3 Å². The maximum atomic E-state index is 11.6. The van der Waals surface area contributed by atoms with Gasteiger partial charge in [0.1, 0.15) is 0 Å². The van der Waals surface area contributed by atoms with E-state index >= 15 is 0 Å². The van der Waals surface area contributed by atoms with Gasteiger partial charge < -0.3 is 61.8 Å². The normalized spacial score (nSPS) is 11.3. The second-order valence-corrected chi connectivity index (χ2v) is 7.31. The molecule has 0 spiro atoms. The maximum absolute atomic E-state index is 11.6. The first-order chi connectivity index (χ1) is 14.5. The molecule has 35 heavy (non-hydrogen) atoms. The quantitative estimate of drug-likeness (QED) is 0.184. The number of carboxylic acids is 2. The third kappa shape index (κ3) is 37.5. The number of nitrogens with two attached hydrogens (primary N) is 1. The van der Waals surface area contributed by atoms with Gasteiger partial charge in [0.2, 0.25) is 0 Å². The van der Waals surface area contributed by atoms with Crippen molar-refractivity contribution in [2.24, 2.45) is 5.73 Å². The third-order valence-electron chi connectivity index (χ3n) is 3.76. The van der Waals surface area contributed by atoms with Crippen molar-refractivity contribution in [3.63, 3.8) is 0 Å². The van der Waals surface area contributed by atoms with Gasteiger partial charge in [-0.1, -0.05) is 31.4 Å². The van der Waals surface area contributed by atoms with Gasteiger partial charge in [0.15, 0.2) is 0 Å². The largest absolute Gasteiger partial charge is 4.00 e. The molecule has 0 bridgehead atoms. The van der Waals surface area contributed by atoms with Crippen LogP contribution in [0.4, 0.5) is 0 Å². The van der Waals surface area contributed by atoms with Crippen LogP contribution in [0.25, 0.3) is 0 Å². The van der Waals surface area contributed by atoms with Crippen molar-refractivity contribution in [2.45, 2.75) is 78.4 Å². The molecule has 1 aliphatic rings. The monoisotopic (exact) mass is 720 g/mol. The van der Waals surface area contributed by atoms with E-state index in [-0.39, 0.29) is 64.0 Å². The Labute approximate surface area is 236 Å². The van der Waals surface area contributed by atoms with Gasteiger partial charge in [-0.3, -0.25) is 15.6 Å². The fourth-order valence-electron chi connectivity index (χ4n) is 2.44. The van der Waals surface area contributed by atoms with E-state index in [2.05, 4.69) is 16.2 Å². The van der Waals surface area contributed by atoms with Gasteiger partial charge in [-0.2, -0.15) is 0 Å². The topological polar surface area (TPSA) is 194 Å². The van der Waals surface area contributed by atoms with Crippen LogP contribution < -0.4 is 63.1 Å². The summed E-state index contributed by atoms with van der Waals surface area (Å²) in [5.41, 5.74) is 13.3. The molecule has 0 aromatic heterocycles. The molecular formula is C22H41Cl2N5O5Pt. The van der Waals surface area contributed by atoms with Crippen LogP contribution in [-0.4, -0.2) is 37.0 Å². The maximum Gasteiger partial charge on any atom is 4.00 e. The molecule has 10 nitrogen and oxygen atoms in total. The number of rotatable bonds is 5. The number of hydrazine groups is 1. The number of carbonyl (C=O) groups excluding carboxylic acids is 3. The Morgan fingerprint density at radius 3 is 1.66 bits per heavy atom. The van der Waals surface area contributed by atoms with E-state index in [1.807, 2.05) is 45.2 Å². The Morgan fingerprint density at radius 1 is 0.971 bits per heavy atom. The van der Waals surface area contributed by atoms with Crippen LogP contribution in [0, 0.1) is 0 Å². The van der Waals surface area contributed by atoms with E-state index in [0.29, 0.717) is 11.6 Å². The second-order valence-electron chi connectivity index (χ2n) is 7.31. The van der Waals surface area contributed by atoms with Crippen molar-refractivity contribution in [2.75, 3.05) is 7.05 Å². The molecule has 0 heterocycles. The Balaban J connectivity index is -0.0000000932. The standard InChI is InChI=1S/C12H19N3O.C6H13N.2C2H4O2.2ClH.H3N.Pt/c1-9(2)15-12(16)11-6-4-10(5-7-11)8-14-13-3;7-6-4-2-1-3-5-6;2*1-2(3)4;;;;/h4-7,9,13-14H,8H2,1-3H3,(H,15,16);6H,1-5,7H2;2*1H3,(H,3,4);2*1H;1H3;/q;;;;;;;+4/p-4. The van der Waals surface area contributed by atoms with Crippen LogP contribution in [0.5, 0.6) is 0 Å². The van der Waals surface area contributed by atoms with Crippen LogP contribution in [-0.2, 0) is 37.2 Å². The first-order valence-electron chi connectivity index (χ1n) is 10.4. The summed E-state index contributed by atoms with van der Waals surface area (Å²) in [6.07, 6.45) is 6.66. The molecule has 13 heteroatoms. The molecule has 1 fully saturated rings. The molecule has 208 valence electrons. The van der Waals surface area contributed by atoms with E-state index in [0.717, 1.165) is 26.0 Å². The van der Waals surface area contributed by atoms with Crippen molar-refractivity contribution in [3.05, 3.63) is 35.4 Å². The van der Waals surface area contributed by atoms with E-state index < -0.39 is 11.9 Å². The fraction of sp³-hybridized carbons (Fsp3) is 0.591. The molecule has 1 aliphatic carbocycles. The molecule has 0 aliphatic heterocycles. The Kier molecular flexibility index (Phi) is 41.3. The average Bonchev–Trinajstić information content (AvgIpc) is 2.66. The van der Waals surface area contributed by atoms with Gasteiger partial charge >= 0.3 is 21.1 Å². The Bertz CT molecular complexity index is 615. The Hall–Kier alpha value is -1.26. The van der Waals surface area contributed by atoms with E-state index in [1.54, 1.807) is 0 Å². The van der Waals surface area contributed by atoms with Gasteiger partial charge in [-0.05, 0) is 65.3 Å². The van der Waals surface area contributed by atoms with Crippen molar-refractivity contribution in [1.29, 1.82) is 0 Å². The van der Waals surface area contributed by atoms with Crippen LogP contribution in [0.3, 0.4) is 0 Å². The summed E-state index contributed by atoms with van der Waals surface area (Å²) in [5.74, 6) is -2.19. The zero-order valence-electron chi connectivity index (χ0n) is 21.1. The minimum Gasteiger partial charge on any atom is -1.00 e. The number of halogens is 2. The summed E-state index contributed by atoms with van der Waals surface area (Å²) in [5, 5.41) is 20.6. The Morgan fingerprint density at radius 2 is 1.37 bits per heavy atom. The number of nitrogens with one attached hydrogen (secondary N) is 3. The van der Waals surface area contributed by atoms with Crippen molar-refractivity contribution < 1.29 is 70.5 Å². The van der Waals surface area contributed by atoms with E-state index in [4.69, 9.17) is 25.5 Å². The first-order valence-corrected chi connectivity index (χ1v) is 10.4. The fourth-order valence-corrected chi connectivity index (χ4v) is 2.44. The number of benzene rings is 1. The number of amides is 1. The SMILES string of the molecule is CC(=O)[O-].CC(=O)[O-].CNNCc1ccc(C(=O)NC(C)C)cc1.N.NC1CCCCC1.[Cl-].[Cl-].[Pt+4]. The average molecular weight is 722 g/mol. The zero-order chi connectivity index (χ0) is 24.2. The predicted octanol–water partition coefficient (Wildman–Crippen LogP) is -5.99. The molecular weight excluding hydrogens is 680 g/mol. The van der Waals surface area contributed by atoms with Gasteiger partial charge in [0.05, 0.1) is 0 Å². The van der Waals surface area contributed by atoms with Crippen LogP contribution in [0.15, 0.2) is 24.3 Å². The molecule has 1 aromatic rings. The minimum absolute atomic E-state index is 0. The zero-order valence-corrected chi connectivity index (χ0v) is 24.9. The van der Waals surface area contributed by atoms with Crippen molar-refractivity contribution in [3.8, 4) is 0 Å². The van der Waals surface area contributed by atoms with Gasteiger partial charge in [0.25, 0.3) is 5.91 Å². The first kappa shape index (κ1) is 47.0. The summed E-state index contributed by atoms with van der Waals surface area (Å²) in [4.78, 5) is 29.4. The number of hydrogen-bond donors (Lipinski definition) is 5. The smallest absolute Gasteiger partial charge is 1.00 e. The molecule has 0 radical (unpaired) electrons. The molecule has 1 amide bonds. The number of carboxylic acid groups (broad SMARTS) is 2. The van der Waals surface area contributed by atoms with Gasteiger partial charge in [0, 0.05) is 36.1 Å². The molecule has 2 rings (SSSR count). The molecule has 1 aromatic carbocycles. The molecule has 0 unspecified atom stereocenters. The summed E-state index contributed by atoms with van der Waals surface area (Å²) in [6.45, 7) is 6.58. The van der Waals surface area contributed by atoms with Gasteiger partial charge in [-0.25, -0.2) is 0 Å². The molecule has 1 saturated carbocycles. The predicted molar refractivity (Wildman–Crippen MR) is 122 cm³/mol. The number of carbonyl (C=O) groups is 3. The third-order valence-corrected chi connectivity index (χ3v) is 3.76. The molecule has 0 saturated heterocycles. The van der Waals surface area contributed by atoms with Crippen LogP contribution >= 0.6 is 0 Å². The second kappa shape index (κ2) is 30.8. The van der Waals surface area contributed by atoms with E-state index in [9.17, 15) is 4.79 Å². The van der Waals surface area contributed by atoms with Crippen LogP contribution in [0.1, 0.15) is 75.7 Å². The van der Waals surface area contributed by atoms with Crippen LogP contribution in [0.2, 0.25) is 0 Å². The van der Waals surface area contributed by atoms with Gasteiger partial charge in [-0.15, -0.1) is 0 Å². The number of aliphatic carboxylic acids is 2. The number of hydrogen-bond acceptors (Lipinski definition) is 9. The summed E-state index contributed by atoms with van der Waals surface area (Å²) in [7, 11) is 1.82. The summed E-state index contributed by atoms with van der Waals surface area (Å²) < 4.78 is 0. The molecule has 8 N–H and O–H groups in total. The molecule has 0 atom stereocenters. The minimum atomic E-state index is -1.08. The summed E-state index contributed by atoms with van der Waals surface area (Å²) in [6, 6.07) is 8.26.